The third-order valence-electron chi connectivity index (χ3n) is 2.38. The van der Waals surface area contributed by atoms with Gasteiger partial charge in [0.1, 0.15) is 0 Å². The first-order valence-corrected chi connectivity index (χ1v) is 5.56. The zero-order valence-electron chi connectivity index (χ0n) is 10.6. The minimum Gasteiger partial charge on any atom is -0.469 e. The highest BCUT2D eigenvalue weighted by Gasteiger charge is 2.13. The van der Waals surface area contributed by atoms with Gasteiger partial charge in [-0.2, -0.15) is 0 Å². The summed E-state index contributed by atoms with van der Waals surface area (Å²) >= 11 is 0. The summed E-state index contributed by atoms with van der Waals surface area (Å²) in [6.45, 7) is 1.55. The maximum Gasteiger partial charge on any atom is 0.307 e. The van der Waals surface area contributed by atoms with Gasteiger partial charge in [0, 0.05) is 32.6 Å². The van der Waals surface area contributed by atoms with E-state index in [1.165, 1.54) is 13.3 Å². The Morgan fingerprint density at radius 1 is 1.33 bits per heavy atom. The molecule has 0 aliphatic rings. The molecule has 18 heavy (non-hydrogen) atoms. The van der Waals surface area contributed by atoms with Crippen LogP contribution in [0.15, 0.2) is 12.4 Å². The van der Waals surface area contributed by atoms with Gasteiger partial charge in [0.05, 0.1) is 20.1 Å². The van der Waals surface area contributed by atoms with Crippen LogP contribution in [0.25, 0.3) is 0 Å². The summed E-state index contributed by atoms with van der Waals surface area (Å²) in [6, 6.07) is 0. The highest BCUT2D eigenvalue weighted by Crippen LogP contribution is 2.16. The number of rotatable bonds is 7. The molecule has 1 rings (SSSR count). The summed E-state index contributed by atoms with van der Waals surface area (Å²) in [5, 5.41) is 0. The first kappa shape index (κ1) is 14.2. The lowest BCUT2D eigenvalue weighted by Crippen LogP contribution is -2.31. The van der Waals surface area contributed by atoms with Crippen LogP contribution >= 0.6 is 0 Å². The number of hydrogen-bond acceptors (Lipinski definition) is 7. The van der Waals surface area contributed by atoms with Crippen LogP contribution in [0.1, 0.15) is 6.42 Å². The Bertz CT molecular complexity index is 386. The summed E-state index contributed by atoms with van der Waals surface area (Å²) in [5.41, 5.74) is 5.76. The fourth-order valence-electron chi connectivity index (χ4n) is 1.44. The van der Waals surface area contributed by atoms with Crippen LogP contribution < -0.4 is 10.6 Å². The molecule has 1 heterocycles. The highest BCUT2D eigenvalue weighted by molar-refractivity contribution is 5.70. The van der Waals surface area contributed by atoms with E-state index in [0.717, 1.165) is 0 Å². The molecule has 100 valence electrons. The Morgan fingerprint density at radius 3 is 2.67 bits per heavy atom. The molecule has 0 aromatic carbocycles. The predicted octanol–water partition coefficient (Wildman–Crippen LogP) is 0.0747. The van der Waals surface area contributed by atoms with Gasteiger partial charge in [-0.3, -0.25) is 4.79 Å². The lowest BCUT2D eigenvalue weighted by Gasteiger charge is -2.23. The molecule has 1 aromatic rings. The number of hydrogen-bond donors (Lipinski definition) is 1. The number of ether oxygens (including phenoxy) is 2. The van der Waals surface area contributed by atoms with Gasteiger partial charge in [-0.1, -0.05) is 0 Å². The van der Waals surface area contributed by atoms with Gasteiger partial charge in [-0.15, -0.1) is 0 Å². The van der Waals surface area contributed by atoms with Crippen LogP contribution in [0.2, 0.25) is 0 Å². The molecule has 0 unspecified atom stereocenters. The zero-order valence-corrected chi connectivity index (χ0v) is 10.6. The number of carbonyl (C=O) groups is 1. The summed E-state index contributed by atoms with van der Waals surface area (Å²) in [5.74, 6) is 0.608. The van der Waals surface area contributed by atoms with Crippen LogP contribution in [0.3, 0.4) is 0 Å². The van der Waals surface area contributed by atoms with Gasteiger partial charge in [-0.05, 0) is 0 Å². The van der Waals surface area contributed by atoms with E-state index >= 15 is 0 Å². The van der Waals surface area contributed by atoms with Crippen LogP contribution in [0.4, 0.5) is 11.6 Å². The van der Waals surface area contributed by atoms with Crippen molar-refractivity contribution in [3.63, 3.8) is 0 Å². The highest BCUT2D eigenvalue weighted by atomic mass is 16.5. The number of anilines is 2. The van der Waals surface area contributed by atoms with Crippen molar-refractivity contribution < 1.29 is 14.3 Å². The zero-order chi connectivity index (χ0) is 13.4. The monoisotopic (exact) mass is 254 g/mol. The maximum absolute atomic E-state index is 11.2. The Kier molecular flexibility index (Phi) is 5.86. The van der Waals surface area contributed by atoms with E-state index in [1.807, 2.05) is 4.90 Å². The second-order valence-corrected chi connectivity index (χ2v) is 3.57. The van der Waals surface area contributed by atoms with Gasteiger partial charge in [0.2, 0.25) is 0 Å². The molecule has 7 nitrogen and oxygen atoms in total. The molecular formula is C11H18N4O3. The van der Waals surface area contributed by atoms with E-state index < -0.39 is 0 Å². The Hall–Kier alpha value is -1.89. The summed E-state index contributed by atoms with van der Waals surface area (Å²) in [6.07, 6.45) is 3.34. The topological polar surface area (TPSA) is 90.6 Å². The van der Waals surface area contributed by atoms with Crippen LogP contribution in [-0.4, -0.2) is 49.9 Å². The van der Waals surface area contributed by atoms with Gasteiger partial charge >= 0.3 is 5.97 Å². The molecule has 0 fully saturated rings. The van der Waals surface area contributed by atoms with E-state index in [0.29, 0.717) is 31.3 Å². The molecule has 0 aliphatic heterocycles. The average molecular weight is 254 g/mol. The fourth-order valence-corrected chi connectivity index (χ4v) is 1.44. The van der Waals surface area contributed by atoms with Crippen molar-refractivity contribution >= 4 is 17.6 Å². The van der Waals surface area contributed by atoms with E-state index in [4.69, 9.17) is 10.5 Å². The Morgan fingerprint density at radius 2 is 2.06 bits per heavy atom. The predicted molar refractivity (Wildman–Crippen MR) is 67.2 cm³/mol. The normalized spacial score (nSPS) is 10.1. The third kappa shape index (κ3) is 4.17. The van der Waals surface area contributed by atoms with Crippen LogP contribution in [-0.2, 0) is 14.3 Å². The minimum absolute atomic E-state index is 0.260. The lowest BCUT2D eigenvalue weighted by atomic mass is 10.3. The SMILES string of the molecule is COCCN(CCC(=O)OC)c1nccnc1N. The Labute approximate surface area is 106 Å². The van der Waals surface area contributed by atoms with Crippen molar-refractivity contribution in [1.29, 1.82) is 0 Å². The van der Waals surface area contributed by atoms with Gasteiger partial charge in [0.25, 0.3) is 0 Å². The molecule has 0 bridgehead atoms. The first-order valence-electron chi connectivity index (χ1n) is 5.56. The molecule has 0 spiro atoms. The molecular weight excluding hydrogens is 236 g/mol. The minimum atomic E-state index is -0.278. The largest absolute Gasteiger partial charge is 0.469 e. The number of aromatic nitrogens is 2. The van der Waals surface area contributed by atoms with Crippen molar-refractivity contribution in [3.05, 3.63) is 12.4 Å². The average Bonchev–Trinajstić information content (AvgIpc) is 2.39. The number of nitrogens with zero attached hydrogens (tertiary/aromatic N) is 3. The van der Waals surface area contributed by atoms with Gasteiger partial charge < -0.3 is 20.1 Å². The molecule has 2 N–H and O–H groups in total. The second kappa shape index (κ2) is 7.44. The summed E-state index contributed by atoms with van der Waals surface area (Å²) in [7, 11) is 2.97. The van der Waals surface area contributed by atoms with Crippen molar-refractivity contribution in [3.8, 4) is 0 Å². The van der Waals surface area contributed by atoms with Crippen molar-refractivity contribution in [2.24, 2.45) is 0 Å². The van der Waals surface area contributed by atoms with Gasteiger partial charge in [0.15, 0.2) is 11.6 Å². The number of nitrogen functional groups attached to an aromatic ring is 1. The van der Waals surface area contributed by atoms with Gasteiger partial charge in [-0.25, -0.2) is 9.97 Å². The summed E-state index contributed by atoms with van der Waals surface area (Å²) in [4.78, 5) is 21.1. The smallest absolute Gasteiger partial charge is 0.307 e. The van der Waals surface area contributed by atoms with E-state index in [-0.39, 0.29) is 12.4 Å². The van der Waals surface area contributed by atoms with Crippen molar-refractivity contribution in [2.75, 3.05) is 44.5 Å². The van der Waals surface area contributed by atoms with E-state index in [1.54, 1.807) is 13.3 Å². The molecule has 0 saturated carbocycles. The Balaban J connectivity index is 2.71. The molecule has 0 amide bonds. The second-order valence-electron chi connectivity index (χ2n) is 3.57. The molecule has 0 radical (unpaired) electrons. The third-order valence-corrected chi connectivity index (χ3v) is 2.38. The van der Waals surface area contributed by atoms with Crippen molar-refractivity contribution in [2.45, 2.75) is 6.42 Å². The van der Waals surface area contributed by atoms with E-state index in [9.17, 15) is 4.79 Å². The van der Waals surface area contributed by atoms with Crippen LogP contribution in [0.5, 0.6) is 0 Å². The standard InChI is InChI=1S/C11H18N4O3/c1-17-8-7-15(6-3-9(16)18-2)11-10(12)13-4-5-14-11/h4-5H,3,6-8H2,1-2H3,(H2,12,13). The van der Waals surface area contributed by atoms with Crippen molar-refractivity contribution in [1.82, 2.24) is 9.97 Å². The quantitative estimate of drug-likeness (QED) is 0.689. The summed E-state index contributed by atoms with van der Waals surface area (Å²) < 4.78 is 9.63. The van der Waals surface area contributed by atoms with E-state index in [2.05, 4.69) is 14.7 Å². The lowest BCUT2D eigenvalue weighted by molar-refractivity contribution is -0.140. The number of esters is 1. The number of nitrogens with two attached hydrogens (primary N) is 1. The fraction of sp³-hybridized carbons (Fsp3) is 0.545. The molecule has 7 heteroatoms. The number of carbonyl (C=O) groups excluding carboxylic acids is 1. The molecule has 1 aromatic heterocycles. The molecule has 0 aliphatic carbocycles. The van der Waals surface area contributed by atoms with Crippen LogP contribution in [0, 0.1) is 0 Å². The molecule has 0 saturated heterocycles. The number of methoxy groups -OCH3 is 2. The molecule has 0 atom stereocenters. The first-order chi connectivity index (χ1) is 8.69. The maximum atomic E-state index is 11.2.